The van der Waals surface area contributed by atoms with Gasteiger partial charge in [-0.05, 0) is 18.6 Å². The SMILES string of the molecule is CCCCN(CC(N)=O)S(=O)(=O)c1ccc(C(=O)O)cn1. The van der Waals surface area contributed by atoms with Gasteiger partial charge in [-0.15, -0.1) is 0 Å². The fraction of sp³-hybridized carbons (Fsp3) is 0.417. The maximum absolute atomic E-state index is 12.4. The summed E-state index contributed by atoms with van der Waals surface area (Å²) < 4.78 is 25.7. The van der Waals surface area contributed by atoms with E-state index in [0.29, 0.717) is 6.42 Å². The molecule has 116 valence electrons. The molecule has 0 aromatic carbocycles. The summed E-state index contributed by atoms with van der Waals surface area (Å²) in [5.41, 5.74) is 4.94. The lowest BCUT2D eigenvalue weighted by Gasteiger charge is -2.19. The number of carboxylic acid groups (broad SMARTS) is 1. The summed E-state index contributed by atoms with van der Waals surface area (Å²) in [7, 11) is -3.98. The molecule has 1 heterocycles. The van der Waals surface area contributed by atoms with Crippen molar-refractivity contribution >= 4 is 21.9 Å². The van der Waals surface area contributed by atoms with Crippen LogP contribution in [0.15, 0.2) is 23.4 Å². The highest BCUT2D eigenvalue weighted by Gasteiger charge is 2.26. The van der Waals surface area contributed by atoms with Gasteiger partial charge in [-0.25, -0.2) is 18.2 Å². The van der Waals surface area contributed by atoms with Crippen LogP contribution in [-0.2, 0) is 14.8 Å². The zero-order valence-corrected chi connectivity index (χ0v) is 12.3. The molecule has 1 aromatic rings. The van der Waals surface area contributed by atoms with E-state index in [-0.39, 0.29) is 17.1 Å². The van der Waals surface area contributed by atoms with E-state index in [9.17, 15) is 18.0 Å². The van der Waals surface area contributed by atoms with Gasteiger partial charge in [0.25, 0.3) is 10.0 Å². The van der Waals surface area contributed by atoms with E-state index in [1.807, 2.05) is 6.92 Å². The molecule has 0 unspecified atom stereocenters. The molecule has 0 aliphatic carbocycles. The van der Waals surface area contributed by atoms with Crippen molar-refractivity contribution < 1.29 is 23.1 Å². The third-order valence-corrected chi connectivity index (χ3v) is 4.44. The number of rotatable bonds is 8. The highest BCUT2D eigenvalue weighted by atomic mass is 32.2. The highest BCUT2D eigenvalue weighted by Crippen LogP contribution is 2.14. The Kier molecular flexibility index (Phi) is 5.79. The van der Waals surface area contributed by atoms with E-state index < -0.39 is 28.4 Å². The molecule has 8 nitrogen and oxygen atoms in total. The molecular weight excluding hydrogens is 298 g/mol. The molecule has 0 saturated carbocycles. The number of amides is 1. The van der Waals surface area contributed by atoms with Crippen molar-refractivity contribution in [3.8, 4) is 0 Å². The molecule has 0 bridgehead atoms. The van der Waals surface area contributed by atoms with Gasteiger partial charge < -0.3 is 10.8 Å². The van der Waals surface area contributed by atoms with Crippen LogP contribution in [-0.4, -0.2) is 47.8 Å². The van der Waals surface area contributed by atoms with Crippen LogP contribution in [0.25, 0.3) is 0 Å². The zero-order chi connectivity index (χ0) is 16.0. The standard InChI is InChI=1S/C12H17N3O5S/c1-2-3-6-15(8-10(13)16)21(19,20)11-5-4-9(7-14-11)12(17)18/h4-5,7H,2-3,6,8H2,1H3,(H2,13,16)(H,17,18). The summed E-state index contributed by atoms with van der Waals surface area (Å²) in [5, 5.41) is 8.45. The van der Waals surface area contributed by atoms with Crippen molar-refractivity contribution in [1.82, 2.24) is 9.29 Å². The number of hydrogen-bond donors (Lipinski definition) is 2. The summed E-state index contributed by atoms with van der Waals surface area (Å²) in [6.45, 7) is 1.59. The van der Waals surface area contributed by atoms with E-state index in [1.54, 1.807) is 0 Å². The minimum atomic E-state index is -3.98. The van der Waals surface area contributed by atoms with E-state index >= 15 is 0 Å². The minimum Gasteiger partial charge on any atom is -0.478 e. The first-order valence-electron chi connectivity index (χ1n) is 6.26. The Labute approximate surface area is 122 Å². The Morgan fingerprint density at radius 2 is 2.05 bits per heavy atom. The molecule has 9 heteroatoms. The molecule has 0 saturated heterocycles. The minimum absolute atomic E-state index is 0.121. The predicted octanol–water partition coefficient (Wildman–Crippen LogP) is 0.0559. The molecule has 1 amide bonds. The summed E-state index contributed by atoms with van der Waals surface area (Å²) in [6, 6.07) is 2.24. The molecule has 0 fully saturated rings. The van der Waals surface area contributed by atoms with E-state index in [2.05, 4.69) is 4.98 Å². The third kappa shape index (κ3) is 4.50. The summed E-state index contributed by atoms with van der Waals surface area (Å²) in [6.07, 6.45) is 2.27. The van der Waals surface area contributed by atoms with Gasteiger partial charge in [0.15, 0.2) is 5.03 Å². The number of primary amides is 1. The molecule has 0 aliphatic rings. The summed E-state index contributed by atoms with van der Waals surface area (Å²) in [5.74, 6) is -1.97. The molecule has 0 radical (unpaired) electrons. The number of nitrogens with two attached hydrogens (primary N) is 1. The fourth-order valence-corrected chi connectivity index (χ4v) is 2.94. The number of hydrogen-bond acceptors (Lipinski definition) is 5. The summed E-state index contributed by atoms with van der Waals surface area (Å²) in [4.78, 5) is 25.4. The maximum atomic E-state index is 12.4. The maximum Gasteiger partial charge on any atom is 0.337 e. The van der Waals surface area contributed by atoms with Gasteiger partial charge in [0.05, 0.1) is 12.1 Å². The van der Waals surface area contributed by atoms with E-state index in [1.165, 1.54) is 0 Å². The average molecular weight is 315 g/mol. The van der Waals surface area contributed by atoms with Crippen LogP contribution >= 0.6 is 0 Å². The first-order valence-corrected chi connectivity index (χ1v) is 7.70. The third-order valence-electron chi connectivity index (χ3n) is 2.68. The first-order chi connectivity index (χ1) is 9.78. The number of carboxylic acids is 1. The van der Waals surface area contributed by atoms with Crippen LogP contribution in [0.3, 0.4) is 0 Å². The molecule has 0 spiro atoms. The molecule has 0 aliphatic heterocycles. The molecular formula is C12H17N3O5S. The second kappa shape index (κ2) is 7.14. The van der Waals surface area contributed by atoms with Crippen molar-refractivity contribution in [2.24, 2.45) is 5.73 Å². The van der Waals surface area contributed by atoms with Crippen molar-refractivity contribution in [3.63, 3.8) is 0 Å². The van der Waals surface area contributed by atoms with Crippen LogP contribution in [0, 0.1) is 0 Å². The first kappa shape index (κ1) is 17.1. The normalized spacial score (nSPS) is 11.5. The van der Waals surface area contributed by atoms with Gasteiger partial charge in [0, 0.05) is 12.7 Å². The Morgan fingerprint density at radius 1 is 1.38 bits per heavy atom. The van der Waals surface area contributed by atoms with Crippen molar-refractivity contribution in [2.45, 2.75) is 24.8 Å². The second-order valence-electron chi connectivity index (χ2n) is 4.35. The second-order valence-corrected chi connectivity index (χ2v) is 6.23. The lowest BCUT2D eigenvalue weighted by molar-refractivity contribution is -0.118. The Morgan fingerprint density at radius 3 is 2.48 bits per heavy atom. The average Bonchev–Trinajstić information content (AvgIpc) is 2.43. The van der Waals surface area contributed by atoms with E-state index in [0.717, 1.165) is 29.1 Å². The number of pyridine rings is 1. The molecule has 1 rings (SSSR count). The summed E-state index contributed by atoms with van der Waals surface area (Å²) >= 11 is 0. The molecule has 1 aromatic heterocycles. The van der Waals surface area contributed by atoms with Crippen LogP contribution in [0.1, 0.15) is 30.1 Å². The number of aromatic nitrogens is 1. The van der Waals surface area contributed by atoms with Gasteiger partial charge in [-0.1, -0.05) is 13.3 Å². The van der Waals surface area contributed by atoms with Crippen LogP contribution in [0.2, 0.25) is 0 Å². The van der Waals surface area contributed by atoms with E-state index in [4.69, 9.17) is 10.8 Å². The monoisotopic (exact) mass is 315 g/mol. The lowest BCUT2D eigenvalue weighted by atomic mass is 10.3. The Balaban J connectivity index is 3.08. The number of carbonyl (C=O) groups excluding carboxylic acids is 1. The number of unbranched alkanes of at least 4 members (excludes halogenated alkanes) is 1. The largest absolute Gasteiger partial charge is 0.478 e. The zero-order valence-electron chi connectivity index (χ0n) is 11.5. The van der Waals surface area contributed by atoms with Crippen molar-refractivity contribution in [1.29, 1.82) is 0 Å². The van der Waals surface area contributed by atoms with Gasteiger partial charge in [-0.2, -0.15) is 4.31 Å². The van der Waals surface area contributed by atoms with Crippen LogP contribution in [0.4, 0.5) is 0 Å². The lowest BCUT2D eigenvalue weighted by Crippen LogP contribution is -2.39. The number of sulfonamides is 1. The van der Waals surface area contributed by atoms with Gasteiger partial charge in [0.2, 0.25) is 5.91 Å². The van der Waals surface area contributed by atoms with Crippen LogP contribution in [0.5, 0.6) is 0 Å². The number of aromatic carboxylic acids is 1. The quantitative estimate of drug-likeness (QED) is 0.697. The number of nitrogens with zero attached hydrogens (tertiary/aromatic N) is 2. The molecule has 0 atom stereocenters. The highest BCUT2D eigenvalue weighted by molar-refractivity contribution is 7.89. The van der Waals surface area contributed by atoms with Crippen molar-refractivity contribution in [3.05, 3.63) is 23.9 Å². The number of carbonyl (C=O) groups is 2. The van der Waals surface area contributed by atoms with Crippen molar-refractivity contribution in [2.75, 3.05) is 13.1 Å². The Hall–Kier alpha value is -2.00. The Bertz CT molecular complexity index is 612. The molecule has 21 heavy (non-hydrogen) atoms. The van der Waals surface area contributed by atoms with Crippen LogP contribution < -0.4 is 5.73 Å². The molecule has 3 N–H and O–H groups in total. The predicted molar refractivity (Wildman–Crippen MR) is 74.1 cm³/mol. The smallest absolute Gasteiger partial charge is 0.337 e. The van der Waals surface area contributed by atoms with Gasteiger partial charge >= 0.3 is 5.97 Å². The topological polar surface area (TPSA) is 131 Å². The van der Waals surface area contributed by atoms with Gasteiger partial charge in [-0.3, -0.25) is 4.79 Å². The fourth-order valence-electron chi connectivity index (χ4n) is 1.58. The van der Waals surface area contributed by atoms with Gasteiger partial charge in [0.1, 0.15) is 0 Å².